The third-order valence-corrected chi connectivity index (χ3v) is 4.44. The first-order valence-electron chi connectivity index (χ1n) is 6.64. The van der Waals surface area contributed by atoms with Gasteiger partial charge in [0.15, 0.2) is 11.0 Å². The quantitative estimate of drug-likeness (QED) is 0.832. The first-order valence-corrected chi connectivity index (χ1v) is 7.63. The lowest BCUT2D eigenvalue weighted by molar-refractivity contribution is -0.133. The number of hydrogen-bond donors (Lipinski definition) is 1. The van der Waals surface area contributed by atoms with Crippen molar-refractivity contribution in [2.45, 2.75) is 31.0 Å². The van der Waals surface area contributed by atoms with Crippen molar-refractivity contribution >= 4 is 28.8 Å². The minimum Gasteiger partial charge on any atom is -0.481 e. The van der Waals surface area contributed by atoms with Gasteiger partial charge < -0.3 is 9.67 Å². The summed E-state index contributed by atoms with van der Waals surface area (Å²) in [6.07, 6.45) is 3.57. The lowest BCUT2D eigenvalue weighted by Gasteiger charge is -2.07. The van der Waals surface area contributed by atoms with Crippen molar-refractivity contribution < 1.29 is 14.3 Å². The second kappa shape index (κ2) is 5.44. The van der Waals surface area contributed by atoms with E-state index >= 15 is 0 Å². The Bertz CT molecular complexity index is 652. The predicted molar refractivity (Wildman–Crippen MR) is 75.4 cm³/mol. The van der Waals surface area contributed by atoms with Crippen LogP contribution in [-0.2, 0) is 11.3 Å². The summed E-state index contributed by atoms with van der Waals surface area (Å²) in [6, 6.07) is 4.88. The van der Waals surface area contributed by atoms with Gasteiger partial charge in [-0.25, -0.2) is 9.37 Å². The van der Waals surface area contributed by atoms with E-state index in [1.54, 1.807) is 6.07 Å². The number of hydrogen-bond acceptors (Lipinski definition) is 3. The molecular formula is C14H15FN2O2S. The van der Waals surface area contributed by atoms with E-state index in [0.29, 0.717) is 10.7 Å². The third kappa shape index (κ3) is 2.80. The molecule has 1 fully saturated rings. The number of para-hydroxylation sites is 1. The normalized spacial score (nSPS) is 14.8. The molecule has 4 nitrogen and oxygen atoms in total. The Morgan fingerprint density at radius 2 is 2.30 bits per heavy atom. The molecule has 1 N–H and O–H groups in total. The molecule has 20 heavy (non-hydrogen) atoms. The van der Waals surface area contributed by atoms with E-state index in [2.05, 4.69) is 4.98 Å². The molecule has 0 unspecified atom stereocenters. The zero-order valence-corrected chi connectivity index (χ0v) is 11.7. The number of halogens is 1. The number of aromatic nitrogens is 2. The number of carboxylic acids is 1. The van der Waals surface area contributed by atoms with Gasteiger partial charge >= 0.3 is 5.97 Å². The molecule has 0 spiro atoms. The highest BCUT2D eigenvalue weighted by Gasteiger charge is 2.22. The molecule has 0 atom stereocenters. The van der Waals surface area contributed by atoms with Crippen molar-refractivity contribution in [1.29, 1.82) is 0 Å². The maximum absolute atomic E-state index is 13.8. The van der Waals surface area contributed by atoms with Gasteiger partial charge in [0.1, 0.15) is 5.52 Å². The predicted octanol–water partition coefficient (Wildman–Crippen LogP) is 3.15. The molecule has 3 rings (SSSR count). The molecule has 1 aromatic heterocycles. The molecule has 0 amide bonds. The first kappa shape index (κ1) is 13.4. The Morgan fingerprint density at radius 3 is 3.00 bits per heavy atom. The zero-order valence-electron chi connectivity index (χ0n) is 10.9. The summed E-state index contributed by atoms with van der Waals surface area (Å²) < 4.78 is 15.7. The lowest BCUT2D eigenvalue weighted by Crippen LogP contribution is -2.04. The van der Waals surface area contributed by atoms with Crippen LogP contribution in [-0.4, -0.2) is 26.4 Å². The van der Waals surface area contributed by atoms with Crippen LogP contribution in [0.3, 0.4) is 0 Å². The molecule has 106 valence electrons. The van der Waals surface area contributed by atoms with Crippen LogP contribution in [0.4, 0.5) is 4.39 Å². The Morgan fingerprint density at radius 1 is 1.50 bits per heavy atom. The van der Waals surface area contributed by atoms with Crippen molar-refractivity contribution in [3.8, 4) is 0 Å². The van der Waals surface area contributed by atoms with Crippen LogP contribution >= 0.6 is 11.8 Å². The van der Waals surface area contributed by atoms with Gasteiger partial charge in [-0.15, -0.1) is 0 Å². The molecule has 2 aromatic rings. The number of carbonyl (C=O) groups is 1. The van der Waals surface area contributed by atoms with Gasteiger partial charge in [0.25, 0.3) is 0 Å². The number of nitrogens with zero attached hydrogens (tertiary/aromatic N) is 2. The number of rotatable bonds is 6. The molecule has 1 heterocycles. The Hall–Kier alpha value is -1.56. The largest absolute Gasteiger partial charge is 0.481 e. The number of aryl methyl sites for hydroxylation is 1. The van der Waals surface area contributed by atoms with Gasteiger partial charge in [0.2, 0.25) is 0 Å². The van der Waals surface area contributed by atoms with Crippen molar-refractivity contribution in [3.63, 3.8) is 0 Å². The monoisotopic (exact) mass is 294 g/mol. The van der Waals surface area contributed by atoms with Crippen LogP contribution in [0, 0.1) is 11.7 Å². The van der Waals surface area contributed by atoms with E-state index in [-0.39, 0.29) is 11.6 Å². The van der Waals surface area contributed by atoms with E-state index in [1.807, 2.05) is 10.6 Å². The minimum atomic E-state index is -0.892. The second-order valence-electron chi connectivity index (χ2n) is 5.07. The number of thioether (sulfide) groups is 1. The molecule has 1 aromatic carbocycles. The van der Waals surface area contributed by atoms with Crippen LogP contribution in [0.25, 0.3) is 11.0 Å². The first-order chi connectivity index (χ1) is 9.65. The highest BCUT2D eigenvalue weighted by Crippen LogP contribution is 2.34. The zero-order chi connectivity index (χ0) is 14.1. The Balaban J connectivity index is 1.94. The summed E-state index contributed by atoms with van der Waals surface area (Å²) in [5, 5.41) is 9.38. The van der Waals surface area contributed by atoms with Gasteiger partial charge in [0.05, 0.1) is 11.3 Å². The fraction of sp³-hybridized carbons (Fsp3) is 0.429. The number of benzene rings is 1. The van der Waals surface area contributed by atoms with Crippen LogP contribution in [0.5, 0.6) is 0 Å². The topological polar surface area (TPSA) is 55.1 Å². The molecule has 0 radical (unpaired) electrons. The summed E-state index contributed by atoms with van der Waals surface area (Å²) in [6.45, 7) is 0.770. The maximum atomic E-state index is 13.8. The second-order valence-corrected chi connectivity index (χ2v) is 6.01. The van der Waals surface area contributed by atoms with E-state index in [4.69, 9.17) is 5.11 Å². The maximum Gasteiger partial charge on any atom is 0.313 e. The van der Waals surface area contributed by atoms with Gasteiger partial charge in [-0.05, 0) is 24.5 Å². The summed E-state index contributed by atoms with van der Waals surface area (Å²) in [4.78, 5) is 15.0. The van der Waals surface area contributed by atoms with Gasteiger partial charge in [-0.1, -0.05) is 30.7 Å². The van der Waals surface area contributed by atoms with Crippen LogP contribution in [0.15, 0.2) is 23.4 Å². The Kier molecular flexibility index (Phi) is 3.65. The van der Waals surface area contributed by atoms with E-state index in [1.165, 1.54) is 18.9 Å². The lowest BCUT2D eigenvalue weighted by atomic mass is 10.2. The molecule has 0 aliphatic heterocycles. The van der Waals surface area contributed by atoms with Crippen molar-refractivity contribution in [2.75, 3.05) is 5.75 Å². The molecular weight excluding hydrogens is 279 g/mol. The number of carboxylic acid groups (broad SMARTS) is 1. The number of fused-ring (bicyclic) bond motifs is 1. The summed E-state index contributed by atoms with van der Waals surface area (Å²) in [7, 11) is 0. The minimum absolute atomic E-state index is 0.0611. The van der Waals surface area contributed by atoms with Crippen LogP contribution in [0.2, 0.25) is 0 Å². The van der Waals surface area contributed by atoms with Gasteiger partial charge in [-0.2, -0.15) is 0 Å². The Labute approximate surface area is 120 Å². The molecule has 1 aliphatic carbocycles. The van der Waals surface area contributed by atoms with Crippen LogP contribution < -0.4 is 0 Å². The summed E-state index contributed by atoms with van der Waals surface area (Å²) in [5.74, 6) is -0.548. The van der Waals surface area contributed by atoms with Gasteiger partial charge in [-0.3, -0.25) is 4.79 Å². The van der Waals surface area contributed by atoms with Crippen molar-refractivity contribution in [1.82, 2.24) is 9.55 Å². The molecule has 1 saturated carbocycles. The number of aliphatic carboxylic acids is 1. The average molecular weight is 294 g/mol. The number of imidazole rings is 1. The SMILES string of the molecule is O=C(O)CSc1nc2c(F)cccc2n1CCC1CC1. The smallest absolute Gasteiger partial charge is 0.313 e. The van der Waals surface area contributed by atoms with E-state index in [9.17, 15) is 9.18 Å². The van der Waals surface area contributed by atoms with Crippen molar-refractivity contribution in [3.05, 3.63) is 24.0 Å². The summed E-state index contributed by atoms with van der Waals surface area (Å²) >= 11 is 1.15. The van der Waals surface area contributed by atoms with Crippen LogP contribution in [0.1, 0.15) is 19.3 Å². The fourth-order valence-electron chi connectivity index (χ4n) is 2.26. The highest BCUT2D eigenvalue weighted by atomic mass is 32.2. The molecule has 0 saturated heterocycles. The fourth-order valence-corrected chi connectivity index (χ4v) is 3.02. The standard InChI is InChI=1S/C14H15FN2O2S/c15-10-2-1-3-11-13(10)16-14(20-8-12(18)19)17(11)7-6-9-4-5-9/h1-3,9H,4-8H2,(H,18,19). The van der Waals surface area contributed by atoms with Gasteiger partial charge in [0, 0.05) is 6.54 Å². The average Bonchev–Trinajstić information content (AvgIpc) is 3.16. The van der Waals surface area contributed by atoms with E-state index < -0.39 is 5.97 Å². The molecule has 6 heteroatoms. The summed E-state index contributed by atoms with van der Waals surface area (Å²) in [5.41, 5.74) is 1.08. The molecule has 0 bridgehead atoms. The molecule has 1 aliphatic rings. The highest BCUT2D eigenvalue weighted by molar-refractivity contribution is 7.99. The third-order valence-electron chi connectivity index (χ3n) is 3.48. The van der Waals surface area contributed by atoms with Crippen molar-refractivity contribution in [2.24, 2.45) is 5.92 Å². The van der Waals surface area contributed by atoms with E-state index in [0.717, 1.165) is 36.2 Å².